The third-order valence-electron chi connectivity index (χ3n) is 3.44. The molecule has 1 aliphatic heterocycles. The van der Waals surface area contributed by atoms with Crippen LogP contribution < -0.4 is 4.90 Å². The summed E-state index contributed by atoms with van der Waals surface area (Å²) in [5.41, 5.74) is -0.303. The minimum Gasteiger partial charge on any atom is -0.304 e. The Kier molecular flexibility index (Phi) is 3.15. The molecule has 4 nitrogen and oxygen atoms in total. The zero-order valence-corrected chi connectivity index (χ0v) is 10.2. The van der Waals surface area contributed by atoms with E-state index in [4.69, 9.17) is 5.26 Å². The van der Waals surface area contributed by atoms with Crippen LogP contribution in [0.25, 0.3) is 0 Å². The van der Waals surface area contributed by atoms with Crippen LogP contribution in [0.15, 0.2) is 30.3 Å². The number of hydrogen-bond acceptors (Lipinski definition) is 3. The molecular formula is C14H14N2O2. The van der Waals surface area contributed by atoms with Gasteiger partial charge in [0.15, 0.2) is 5.78 Å². The van der Waals surface area contributed by atoms with E-state index in [0.29, 0.717) is 6.42 Å². The van der Waals surface area contributed by atoms with Crippen molar-refractivity contribution in [2.24, 2.45) is 5.41 Å². The van der Waals surface area contributed by atoms with E-state index < -0.39 is 5.41 Å². The summed E-state index contributed by atoms with van der Waals surface area (Å²) in [5.74, 6) is -0.305. The second-order valence-electron chi connectivity index (χ2n) is 4.64. The van der Waals surface area contributed by atoms with Gasteiger partial charge in [0.2, 0.25) is 5.91 Å². The molecule has 0 bridgehead atoms. The van der Waals surface area contributed by atoms with Crippen molar-refractivity contribution in [1.29, 1.82) is 5.26 Å². The van der Waals surface area contributed by atoms with Gasteiger partial charge in [0.25, 0.3) is 0 Å². The third kappa shape index (κ3) is 1.88. The van der Waals surface area contributed by atoms with E-state index in [1.54, 1.807) is 19.1 Å². The zero-order chi connectivity index (χ0) is 13.2. The summed E-state index contributed by atoms with van der Waals surface area (Å²) >= 11 is 0. The lowest BCUT2D eigenvalue weighted by molar-refractivity contribution is -0.133. The molecule has 92 valence electrons. The van der Waals surface area contributed by atoms with Crippen molar-refractivity contribution in [3.63, 3.8) is 0 Å². The quantitative estimate of drug-likeness (QED) is 0.761. The molecular weight excluding hydrogens is 228 g/mol. The Morgan fingerprint density at radius 2 is 2.00 bits per heavy atom. The van der Waals surface area contributed by atoms with Gasteiger partial charge in [-0.1, -0.05) is 18.2 Å². The summed E-state index contributed by atoms with van der Waals surface area (Å²) in [4.78, 5) is 25.9. The summed E-state index contributed by atoms with van der Waals surface area (Å²) < 4.78 is 0. The molecule has 0 saturated carbocycles. The number of ketones is 1. The maximum absolute atomic E-state index is 12.3. The molecule has 1 unspecified atom stereocenters. The molecule has 0 aliphatic carbocycles. The minimum atomic E-state index is -1.04. The number of anilines is 1. The average molecular weight is 242 g/mol. The molecule has 1 aromatic rings. The van der Waals surface area contributed by atoms with E-state index in [1.807, 2.05) is 24.3 Å². The van der Waals surface area contributed by atoms with Crippen LogP contribution in [0.3, 0.4) is 0 Å². The number of carbonyl (C=O) groups excluding carboxylic acids is 2. The fraction of sp³-hybridized carbons (Fsp3) is 0.357. The summed E-state index contributed by atoms with van der Waals surface area (Å²) in [7, 11) is 0. The monoisotopic (exact) mass is 242 g/mol. The number of nitriles is 1. The first-order valence-corrected chi connectivity index (χ1v) is 5.87. The zero-order valence-electron chi connectivity index (χ0n) is 10.2. The number of rotatable bonds is 3. The van der Waals surface area contributed by atoms with Gasteiger partial charge in [0, 0.05) is 12.1 Å². The van der Waals surface area contributed by atoms with Crippen molar-refractivity contribution in [3.05, 3.63) is 30.3 Å². The van der Waals surface area contributed by atoms with Gasteiger partial charge in [-0.25, -0.2) is 0 Å². The summed E-state index contributed by atoms with van der Waals surface area (Å²) in [5, 5.41) is 8.61. The van der Waals surface area contributed by atoms with Gasteiger partial charge < -0.3 is 4.90 Å². The van der Waals surface area contributed by atoms with E-state index in [-0.39, 0.29) is 24.7 Å². The Hall–Kier alpha value is -2.15. The predicted octanol–water partition coefficient (Wildman–Crippen LogP) is 1.91. The molecule has 1 amide bonds. The van der Waals surface area contributed by atoms with Crippen molar-refractivity contribution in [3.8, 4) is 6.07 Å². The Bertz CT molecular complexity index is 518. The van der Waals surface area contributed by atoms with Crippen molar-refractivity contribution < 1.29 is 9.59 Å². The van der Waals surface area contributed by atoms with E-state index in [0.717, 1.165) is 5.69 Å². The highest BCUT2D eigenvalue weighted by atomic mass is 16.2. The molecule has 18 heavy (non-hydrogen) atoms. The van der Waals surface area contributed by atoms with E-state index in [9.17, 15) is 9.59 Å². The number of carbonyl (C=O) groups is 2. The van der Waals surface area contributed by atoms with Gasteiger partial charge in [-0.05, 0) is 25.5 Å². The summed E-state index contributed by atoms with van der Waals surface area (Å²) in [6, 6.07) is 11.1. The Morgan fingerprint density at radius 3 is 2.61 bits per heavy atom. The van der Waals surface area contributed by atoms with Gasteiger partial charge in [-0.2, -0.15) is 5.26 Å². The molecule has 0 radical (unpaired) electrons. The molecule has 2 rings (SSSR count). The fourth-order valence-electron chi connectivity index (χ4n) is 2.18. The molecule has 1 atom stereocenters. The van der Waals surface area contributed by atoms with E-state index in [1.165, 1.54) is 4.90 Å². The van der Waals surface area contributed by atoms with Crippen LogP contribution in [0.5, 0.6) is 0 Å². The molecule has 0 spiro atoms. The van der Waals surface area contributed by atoms with E-state index in [2.05, 4.69) is 0 Å². The number of nitrogens with zero attached hydrogens (tertiary/aromatic N) is 2. The Balaban J connectivity index is 2.27. The van der Waals surface area contributed by atoms with Crippen LogP contribution in [0.1, 0.15) is 19.8 Å². The van der Waals surface area contributed by atoms with Crippen molar-refractivity contribution in [1.82, 2.24) is 0 Å². The first-order valence-electron chi connectivity index (χ1n) is 5.87. The van der Waals surface area contributed by atoms with Gasteiger partial charge in [0.05, 0.1) is 12.6 Å². The Morgan fingerprint density at radius 1 is 1.33 bits per heavy atom. The molecule has 0 N–H and O–H groups in total. The minimum absolute atomic E-state index is 0.102. The summed E-state index contributed by atoms with van der Waals surface area (Å²) in [6.07, 6.45) is 0.515. The Labute approximate surface area is 106 Å². The van der Waals surface area contributed by atoms with Crippen LogP contribution in [0.2, 0.25) is 0 Å². The van der Waals surface area contributed by atoms with Crippen LogP contribution in [-0.4, -0.2) is 18.2 Å². The second-order valence-corrected chi connectivity index (χ2v) is 4.64. The average Bonchev–Trinajstić information content (AvgIpc) is 2.62. The standard InChI is InChI=1S/C14H14N2O2/c1-14(8-5-9-15)12(17)10-16(13(14)18)11-6-3-2-4-7-11/h2-4,6-7H,5,8,10H2,1H3. The highest BCUT2D eigenvalue weighted by molar-refractivity contribution is 6.20. The molecule has 1 fully saturated rings. The molecule has 4 heteroatoms. The van der Waals surface area contributed by atoms with E-state index >= 15 is 0 Å². The maximum atomic E-state index is 12.3. The highest BCUT2D eigenvalue weighted by Crippen LogP contribution is 2.35. The van der Waals surface area contributed by atoms with Gasteiger partial charge in [-0.3, -0.25) is 9.59 Å². The van der Waals surface area contributed by atoms with Crippen LogP contribution in [0, 0.1) is 16.7 Å². The number of Topliss-reactive ketones (excluding diaryl/α,β-unsaturated/α-hetero) is 1. The summed E-state index contributed by atoms with van der Waals surface area (Å²) in [6.45, 7) is 1.74. The van der Waals surface area contributed by atoms with Crippen LogP contribution in [-0.2, 0) is 9.59 Å². The second kappa shape index (κ2) is 4.61. The topological polar surface area (TPSA) is 61.2 Å². The van der Waals surface area contributed by atoms with Crippen LogP contribution in [0.4, 0.5) is 5.69 Å². The molecule has 1 saturated heterocycles. The first kappa shape index (κ1) is 12.3. The van der Waals surface area contributed by atoms with Crippen LogP contribution >= 0.6 is 0 Å². The van der Waals surface area contributed by atoms with Gasteiger partial charge >= 0.3 is 0 Å². The molecule has 1 aromatic carbocycles. The lowest BCUT2D eigenvalue weighted by Crippen LogP contribution is -2.34. The van der Waals surface area contributed by atoms with Gasteiger partial charge in [0.1, 0.15) is 5.41 Å². The van der Waals surface area contributed by atoms with Crippen molar-refractivity contribution in [2.75, 3.05) is 11.4 Å². The van der Waals surface area contributed by atoms with Gasteiger partial charge in [-0.15, -0.1) is 0 Å². The predicted molar refractivity (Wildman–Crippen MR) is 66.8 cm³/mol. The number of benzene rings is 1. The van der Waals surface area contributed by atoms with Crippen molar-refractivity contribution in [2.45, 2.75) is 19.8 Å². The van der Waals surface area contributed by atoms with Crippen molar-refractivity contribution >= 4 is 17.4 Å². The third-order valence-corrected chi connectivity index (χ3v) is 3.44. The maximum Gasteiger partial charge on any atom is 0.240 e. The first-order chi connectivity index (χ1) is 8.59. The highest BCUT2D eigenvalue weighted by Gasteiger charge is 2.49. The lowest BCUT2D eigenvalue weighted by atomic mass is 9.83. The number of hydrogen-bond donors (Lipinski definition) is 0. The largest absolute Gasteiger partial charge is 0.304 e. The molecule has 1 heterocycles. The fourth-order valence-corrected chi connectivity index (χ4v) is 2.18. The molecule has 1 aliphatic rings. The smallest absolute Gasteiger partial charge is 0.240 e. The lowest BCUT2D eigenvalue weighted by Gasteiger charge is -2.20. The number of amides is 1. The number of para-hydroxylation sites is 1. The molecule has 0 aromatic heterocycles. The normalized spacial score (nSPS) is 23.2. The SMILES string of the molecule is CC1(CCC#N)C(=O)CN(c2ccccc2)C1=O.